The molecule has 0 radical (unpaired) electrons. The van der Waals surface area contributed by atoms with Crippen LogP contribution in [0.5, 0.6) is 5.75 Å². The molecule has 1 saturated heterocycles. The minimum Gasteiger partial charge on any atom is -0.497 e. The Bertz CT molecular complexity index is 936. The summed E-state index contributed by atoms with van der Waals surface area (Å²) in [5.74, 6) is 0.915. The molecule has 0 spiro atoms. The van der Waals surface area contributed by atoms with Crippen LogP contribution in [0.15, 0.2) is 42.5 Å². The van der Waals surface area contributed by atoms with Crippen molar-refractivity contribution >= 4 is 44.2 Å². The molecular weight excluding hydrogens is 370 g/mol. The van der Waals surface area contributed by atoms with Gasteiger partial charge in [0, 0.05) is 24.7 Å². The lowest BCUT2D eigenvalue weighted by Crippen LogP contribution is -2.53. The molecule has 1 fully saturated rings. The van der Waals surface area contributed by atoms with Crippen LogP contribution in [0, 0.1) is 5.92 Å². The van der Waals surface area contributed by atoms with Crippen LogP contribution in [-0.2, 0) is 11.3 Å². The fraction of sp³-hybridized carbons (Fsp3) is 0.263. The van der Waals surface area contributed by atoms with Gasteiger partial charge in [0.1, 0.15) is 5.75 Å². The molecule has 26 heavy (non-hydrogen) atoms. The first-order valence-corrected chi connectivity index (χ1v) is 9.53. The van der Waals surface area contributed by atoms with Gasteiger partial charge in [0.25, 0.3) is 0 Å². The second-order valence-corrected chi connectivity index (χ2v) is 7.72. The van der Waals surface area contributed by atoms with E-state index in [2.05, 4.69) is 15.2 Å². The predicted molar refractivity (Wildman–Crippen MR) is 105 cm³/mol. The van der Waals surface area contributed by atoms with Gasteiger partial charge in [0.2, 0.25) is 5.91 Å². The van der Waals surface area contributed by atoms with Crippen molar-refractivity contribution < 1.29 is 9.53 Å². The maximum absolute atomic E-state index is 12.3. The van der Waals surface area contributed by atoms with Crippen molar-refractivity contribution in [3.63, 3.8) is 0 Å². The Labute approximate surface area is 160 Å². The van der Waals surface area contributed by atoms with E-state index in [1.165, 1.54) is 0 Å². The van der Waals surface area contributed by atoms with Crippen LogP contribution in [0.4, 0.5) is 5.13 Å². The molecular formula is C19H18ClN3O2S. The third-order valence-corrected chi connectivity index (χ3v) is 5.82. The SMILES string of the molecule is COc1ccc2nc(N3CC(C(=O)NCc4ccc(Cl)cc4)C3)sc2c1. The second-order valence-electron chi connectivity index (χ2n) is 6.28. The number of nitrogens with one attached hydrogen (secondary N) is 1. The zero-order valence-corrected chi connectivity index (χ0v) is 15.8. The topological polar surface area (TPSA) is 54.5 Å². The molecule has 1 N–H and O–H groups in total. The van der Waals surface area contributed by atoms with E-state index < -0.39 is 0 Å². The number of nitrogens with zero attached hydrogens (tertiary/aromatic N) is 2. The molecule has 1 aliphatic heterocycles. The Hall–Kier alpha value is -2.31. The Morgan fingerprint density at radius 3 is 2.81 bits per heavy atom. The van der Waals surface area contributed by atoms with E-state index in [1.807, 2.05) is 42.5 Å². The fourth-order valence-corrected chi connectivity index (χ4v) is 4.03. The molecule has 5 nitrogen and oxygen atoms in total. The number of methoxy groups -OCH3 is 1. The minimum atomic E-state index is 0.00356. The van der Waals surface area contributed by atoms with E-state index in [-0.39, 0.29) is 11.8 Å². The lowest BCUT2D eigenvalue weighted by molar-refractivity contribution is -0.125. The van der Waals surface area contributed by atoms with Gasteiger partial charge < -0.3 is 15.0 Å². The highest BCUT2D eigenvalue weighted by atomic mass is 35.5. The molecule has 0 atom stereocenters. The van der Waals surface area contributed by atoms with Gasteiger partial charge in [-0.15, -0.1) is 0 Å². The number of halogens is 1. The van der Waals surface area contributed by atoms with Crippen LogP contribution in [-0.4, -0.2) is 31.1 Å². The number of amides is 1. The number of thiazole rings is 1. The summed E-state index contributed by atoms with van der Waals surface area (Å²) in [7, 11) is 1.66. The summed E-state index contributed by atoms with van der Waals surface area (Å²) >= 11 is 7.50. The third-order valence-electron chi connectivity index (χ3n) is 4.49. The first-order chi connectivity index (χ1) is 12.6. The van der Waals surface area contributed by atoms with Crippen molar-refractivity contribution in [3.05, 3.63) is 53.1 Å². The summed E-state index contributed by atoms with van der Waals surface area (Å²) in [6.45, 7) is 1.92. The molecule has 0 bridgehead atoms. The Kier molecular flexibility index (Phi) is 4.70. The van der Waals surface area contributed by atoms with Crippen molar-refractivity contribution in [2.24, 2.45) is 5.92 Å². The number of anilines is 1. The normalized spacial score (nSPS) is 14.3. The minimum absolute atomic E-state index is 0.00356. The van der Waals surface area contributed by atoms with E-state index in [1.54, 1.807) is 18.4 Å². The van der Waals surface area contributed by atoms with E-state index in [9.17, 15) is 4.79 Å². The number of benzene rings is 2. The third kappa shape index (κ3) is 3.48. The standard InChI is InChI=1S/C19H18ClN3O2S/c1-25-15-6-7-16-17(8-15)26-19(22-16)23-10-13(11-23)18(24)21-9-12-2-4-14(20)5-3-12/h2-8,13H,9-11H2,1H3,(H,21,24). The average Bonchev–Trinajstić information content (AvgIpc) is 3.02. The van der Waals surface area contributed by atoms with E-state index in [0.29, 0.717) is 24.7 Å². The van der Waals surface area contributed by atoms with Crippen LogP contribution in [0.3, 0.4) is 0 Å². The van der Waals surface area contributed by atoms with Gasteiger partial charge in [0.05, 0.1) is 23.2 Å². The van der Waals surface area contributed by atoms with Gasteiger partial charge in [-0.2, -0.15) is 0 Å². The highest BCUT2D eigenvalue weighted by Gasteiger charge is 2.34. The predicted octanol–water partition coefficient (Wildman–Crippen LogP) is 3.71. The monoisotopic (exact) mass is 387 g/mol. The Morgan fingerprint density at radius 2 is 2.08 bits per heavy atom. The average molecular weight is 388 g/mol. The van der Waals surface area contributed by atoms with Gasteiger partial charge in [-0.05, 0) is 35.9 Å². The zero-order chi connectivity index (χ0) is 18.1. The molecule has 4 rings (SSSR count). The number of aromatic nitrogens is 1. The first kappa shape index (κ1) is 17.1. The Balaban J connectivity index is 1.33. The molecule has 0 aliphatic carbocycles. The van der Waals surface area contributed by atoms with Crippen LogP contribution < -0.4 is 15.0 Å². The van der Waals surface area contributed by atoms with Crippen molar-refractivity contribution in [2.75, 3.05) is 25.1 Å². The largest absolute Gasteiger partial charge is 0.497 e. The van der Waals surface area contributed by atoms with Crippen molar-refractivity contribution in [3.8, 4) is 5.75 Å². The first-order valence-electron chi connectivity index (χ1n) is 8.34. The van der Waals surface area contributed by atoms with Gasteiger partial charge in [-0.1, -0.05) is 35.1 Å². The van der Waals surface area contributed by atoms with Gasteiger partial charge in [-0.3, -0.25) is 4.79 Å². The van der Waals surface area contributed by atoms with Crippen molar-refractivity contribution in [2.45, 2.75) is 6.54 Å². The lowest BCUT2D eigenvalue weighted by atomic mass is 10.00. The Morgan fingerprint density at radius 1 is 1.31 bits per heavy atom. The maximum Gasteiger partial charge on any atom is 0.226 e. The van der Waals surface area contributed by atoms with Gasteiger partial charge in [-0.25, -0.2) is 4.98 Å². The molecule has 1 amide bonds. The number of ether oxygens (including phenoxy) is 1. The summed E-state index contributed by atoms with van der Waals surface area (Å²) in [4.78, 5) is 19.1. The lowest BCUT2D eigenvalue weighted by Gasteiger charge is -2.37. The molecule has 7 heteroatoms. The summed E-state index contributed by atoms with van der Waals surface area (Å²) in [6, 6.07) is 13.4. The smallest absolute Gasteiger partial charge is 0.226 e. The zero-order valence-electron chi connectivity index (χ0n) is 14.2. The number of fused-ring (bicyclic) bond motifs is 1. The molecule has 0 saturated carbocycles. The number of carbonyl (C=O) groups is 1. The van der Waals surface area contributed by atoms with Crippen LogP contribution in [0.1, 0.15) is 5.56 Å². The number of carbonyl (C=O) groups excluding carboxylic acids is 1. The van der Waals surface area contributed by atoms with E-state index in [0.717, 1.165) is 26.7 Å². The highest BCUT2D eigenvalue weighted by molar-refractivity contribution is 7.22. The fourth-order valence-electron chi connectivity index (χ4n) is 2.89. The van der Waals surface area contributed by atoms with E-state index in [4.69, 9.17) is 16.3 Å². The van der Waals surface area contributed by atoms with Gasteiger partial charge >= 0.3 is 0 Å². The summed E-state index contributed by atoms with van der Waals surface area (Å²) in [5, 5.41) is 4.64. The van der Waals surface area contributed by atoms with Crippen molar-refractivity contribution in [1.82, 2.24) is 10.3 Å². The maximum atomic E-state index is 12.3. The molecule has 2 aromatic carbocycles. The van der Waals surface area contributed by atoms with E-state index >= 15 is 0 Å². The quantitative estimate of drug-likeness (QED) is 0.725. The second kappa shape index (κ2) is 7.13. The van der Waals surface area contributed by atoms with Crippen LogP contribution >= 0.6 is 22.9 Å². The number of rotatable bonds is 5. The summed E-state index contributed by atoms with van der Waals surface area (Å²) < 4.78 is 6.35. The molecule has 2 heterocycles. The summed E-state index contributed by atoms with van der Waals surface area (Å²) in [6.07, 6.45) is 0. The highest BCUT2D eigenvalue weighted by Crippen LogP contribution is 2.34. The van der Waals surface area contributed by atoms with Crippen molar-refractivity contribution in [1.29, 1.82) is 0 Å². The summed E-state index contributed by atoms with van der Waals surface area (Å²) in [5.41, 5.74) is 2.00. The molecule has 3 aromatic rings. The molecule has 1 aliphatic rings. The van der Waals surface area contributed by atoms with Crippen LogP contribution in [0.25, 0.3) is 10.2 Å². The number of hydrogen-bond acceptors (Lipinski definition) is 5. The molecule has 1 aromatic heterocycles. The number of hydrogen-bond donors (Lipinski definition) is 1. The molecule has 134 valence electrons. The van der Waals surface area contributed by atoms with Crippen LogP contribution in [0.2, 0.25) is 5.02 Å². The van der Waals surface area contributed by atoms with Gasteiger partial charge in [0.15, 0.2) is 5.13 Å². The molecule has 0 unspecified atom stereocenters.